The van der Waals surface area contributed by atoms with Gasteiger partial charge in [-0.3, -0.25) is 4.79 Å². The van der Waals surface area contributed by atoms with Gasteiger partial charge in [-0.25, -0.2) is 0 Å². The fourth-order valence-corrected chi connectivity index (χ4v) is 2.50. The van der Waals surface area contributed by atoms with Crippen LogP contribution in [0.1, 0.15) is 40.4 Å². The van der Waals surface area contributed by atoms with Crippen molar-refractivity contribution >= 4 is 5.78 Å². The second-order valence-corrected chi connectivity index (χ2v) is 5.09. The molecule has 0 radical (unpaired) electrons. The first kappa shape index (κ1) is 12.3. The van der Waals surface area contributed by atoms with Gasteiger partial charge in [0.2, 0.25) is 0 Å². The third kappa shape index (κ3) is 2.27. The van der Waals surface area contributed by atoms with E-state index in [0.717, 1.165) is 17.5 Å². The zero-order chi connectivity index (χ0) is 12.6. The van der Waals surface area contributed by atoms with Crippen molar-refractivity contribution in [1.82, 2.24) is 0 Å². The Labute approximate surface area is 103 Å². The Morgan fingerprint density at radius 1 is 1.18 bits per heavy atom. The first-order valence-corrected chi connectivity index (χ1v) is 6.24. The molecule has 1 fully saturated rings. The minimum Gasteiger partial charge on any atom is -0.378 e. The molecule has 0 bridgehead atoms. The summed E-state index contributed by atoms with van der Waals surface area (Å²) in [5.41, 5.74) is 4.38. The predicted molar refractivity (Wildman–Crippen MR) is 68.5 cm³/mol. The van der Waals surface area contributed by atoms with Gasteiger partial charge in [0.25, 0.3) is 0 Å². The number of aryl methyl sites for hydroxylation is 3. The molecule has 0 amide bonds. The van der Waals surface area contributed by atoms with Crippen LogP contribution >= 0.6 is 0 Å². The van der Waals surface area contributed by atoms with E-state index in [2.05, 4.69) is 19.9 Å². The van der Waals surface area contributed by atoms with Crippen molar-refractivity contribution in [2.75, 3.05) is 6.61 Å². The summed E-state index contributed by atoms with van der Waals surface area (Å²) < 4.78 is 5.48. The van der Waals surface area contributed by atoms with Crippen molar-refractivity contribution in [3.8, 4) is 0 Å². The molecule has 17 heavy (non-hydrogen) atoms. The van der Waals surface area contributed by atoms with Crippen molar-refractivity contribution in [1.29, 1.82) is 0 Å². The second-order valence-electron chi connectivity index (χ2n) is 5.09. The summed E-state index contributed by atoms with van der Waals surface area (Å²) in [6, 6.07) is 4.13. The molecule has 2 rings (SSSR count). The molecule has 0 saturated carbocycles. The maximum absolute atomic E-state index is 12.5. The minimum absolute atomic E-state index is 0.0378. The number of rotatable bonds is 2. The van der Waals surface area contributed by atoms with E-state index in [1.54, 1.807) is 0 Å². The Hall–Kier alpha value is -1.15. The number of benzene rings is 1. The third-order valence-corrected chi connectivity index (χ3v) is 3.82. The Kier molecular flexibility index (Phi) is 3.34. The minimum atomic E-state index is 0.0378. The van der Waals surface area contributed by atoms with Crippen LogP contribution in [0.5, 0.6) is 0 Å². The van der Waals surface area contributed by atoms with Crippen LogP contribution < -0.4 is 0 Å². The number of ketones is 1. The molecule has 1 aromatic rings. The van der Waals surface area contributed by atoms with Gasteiger partial charge in [0, 0.05) is 12.2 Å². The SMILES string of the molecule is Cc1cc(C)c(C(=O)C2CCOC2C)cc1C. The number of carbonyl (C=O) groups excluding carboxylic acids is 1. The van der Waals surface area contributed by atoms with E-state index in [-0.39, 0.29) is 17.8 Å². The first-order valence-electron chi connectivity index (χ1n) is 6.24. The van der Waals surface area contributed by atoms with E-state index in [1.165, 1.54) is 11.1 Å². The van der Waals surface area contributed by atoms with Crippen LogP contribution in [-0.4, -0.2) is 18.5 Å². The van der Waals surface area contributed by atoms with Crippen LogP contribution in [0.2, 0.25) is 0 Å². The highest BCUT2D eigenvalue weighted by molar-refractivity contribution is 5.99. The summed E-state index contributed by atoms with van der Waals surface area (Å²) in [6.45, 7) is 8.85. The molecule has 0 spiro atoms. The second kappa shape index (κ2) is 4.61. The molecule has 2 atom stereocenters. The molecule has 1 heterocycles. The molecule has 1 aliphatic heterocycles. The fraction of sp³-hybridized carbons (Fsp3) is 0.533. The number of Topliss-reactive ketones (excluding diaryl/α,β-unsaturated/α-hetero) is 1. The Morgan fingerprint density at radius 2 is 1.82 bits per heavy atom. The lowest BCUT2D eigenvalue weighted by Crippen LogP contribution is -2.22. The van der Waals surface area contributed by atoms with Gasteiger partial charge < -0.3 is 4.74 Å². The lowest BCUT2D eigenvalue weighted by atomic mass is 9.88. The van der Waals surface area contributed by atoms with Gasteiger partial charge in [0.15, 0.2) is 5.78 Å². The maximum Gasteiger partial charge on any atom is 0.168 e. The lowest BCUT2D eigenvalue weighted by Gasteiger charge is -2.15. The Morgan fingerprint density at radius 3 is 2.41 bits per heavy atom. The molecule has 2 heteroatoms. The van der Waals surface area contributed by atoms with E-state index < -0.39 is 0 Å². The van der Waals surface area contributed by atoms with Gasteiger partial charge in [-0.05, 0) is 56.9 Å². The van der Waals surface area contributed by atoms with Gasteiger partial charge in [0.05, 0.1) is 12.0 Å². The number of hydrogen-bond donors (Lipinski definition) is 0. The number of carbonyl (C=O) groups is 1. The number of ether oxygens (including phenoxy) is 1. The highest BCUT2D eigenvalue weighted by Crippen LogP contribution is 2.27. The Bertz CT molecular complexity index is 448. The summed E-state index contributed by atoms with van der Waals surface area (Å²) in [7, 11) is 0. The highest BCUT2D eigenvalue weighted by Gasteiger charge is 2.32. The van der Waals surface area contributed by atoms with Crippen LogP contribution in [0.15, 0.2) is 12.1 Å². The molecule has 1 saturated heterocycles. The zero-order valence-electron chi connectivity index (χ0n) is 11.0. The van der Waals surface area contributed by atoms with Crippen molar-refractivity contribution in [3.05, 3.63) is 34.4 Å². The van der Waals surface area contributed by atoms with E-state index in [4.69, 9.17) is 4.74 Å². The fourth-order valence-electron chi connectivity index (χ4n) is 2.50. The van der Waals surface area contributed by atoms with E-state index in [9.17, 15) is 4.79 Å². The molecule has 0 aromatic heterocycles. The molecular formula is C15H20O2. The van der Waals surface area contributed by atoms with E-state index in [1.807, 2.05) is 19.9 Å². The van der Waals surface area contributed by atoms with E-state index in [0.29, 0.717) is 6.61 Å². The van der Waals surface area contributed by atoms with Gasteiger partial charge in [-0.15, -0.1) is 0 Å². The van der Waals surface area contributed by atoms with Crippen molar-refractivity contribution < 1.29 is 9.53 Å². The van der Waals surface area contributed by atoms with Crippen molar-refractivity contribution in [2.24, 2.45) is 5.92 Å². The van der Waals surface area contributed by atoms with E-state index >= 15 is 0 Å². The smallest absolute Gasteiger partial charge is 0.168 e. The largest absolute Gasteiger partial charge is 0.378 e. The molecule has 2 unspecified atom stereocenters. The third-order valence-electron chi connectivity index (χ3n) is 3.82. The van der Waals surface area contributed by atoms with Gasteiger partial charge in [-0.2, -0.15) is 0 Å². The van der Waals surface area contributed by atoms with Crippen LogP contribution in [0.3, 0.4) is 0 Å². The Balaban J connectivity index is 2.34. The quantitative estimate of drug-likeness (QED) is 0.732. The zero-order valence-corrected chi connectivity index (χ0v) is 11.0. The van der Waals surface area contributed by atoms with Crippen LogP contribution in [0.25, 0.3) is 0 Å². The van der Waals surface area contributed by atoms with Gasteiger partial charge in [0.1, 0.15) is 0 Å². The molecule has 0 aliphatic carbocycles. The molecule has 2 nitrogen and oxygen atoms in total. The molecule has 0 N–H and O–H groups in total. The lowest BCUT2D eigenvalue weighted by molar-refractivity contribution is 0.0763. The first-order chi connectivity index (χ1) is 8.00. The van der Waals surface area contributed by atoms with Crippen LogP contribution in [-0.2, 0) is 4.74 Å². The topological polar surface area (TPSA) is 26.3 Å². The molecule has 1 aromatic carbocycles. The van der Waals surface area contributed by atoms with Gasteiger partial charge in [-0.1, -0.05) is 6.07 Å². The molecular weight excluding hydrogens is 212 g/mol. The maximum atomic E-state index is 12.5. The number of hydrogen-bond acceptors (Lipinski definition) is 2. The summed E-state index contributed by atoms with van der Waals surface area (Å²) in [4.78, 5) is 12.5. The predicted octanol–water partition coefficient (Wildman–Crippen LogP) is 3.22. The summed E-state index contributed by atoms with van der Waals surface area (Å²) in [5, 5.41) is 0. The average Bonchev–Trinajstić information content (AvgIpc) is 2.69. The van der Waals surface area contributed by atoms with Crippen LogP contribution in [0, 0.1) is 26.7 Å². The van der Waals surface area contributed by atoms with Crippen LogP contribution in [0.4, 0.5) is 0 Å². The van der Waals surface area contributed by atoms with Crippen molar-refractivity contribution in [3.63, 3.8) is 0 Å². The molecule has 92 valence electrons. The summed E-state index contributed by atoms with van der Waals surface area (Å²) in [6.07, 6.45) is 0.912. The van der Waals surface area contributed by atoms with Gasteiger partial charge >= 0.3 is 0 Å². The average molecular weight is 232 g/mol. The van der Waals surface area contributed by atoms with Crippen molar-refractivity contribution in [2.45, 2.75) is 40.2 Å². The standard InChI is InChI=1S/C15H20O2/c1-9-7-11(3)14(8-10(9)2)15(16)13-5-6-17-12(13)4/h7-8,12-13H,5-6H2,1-4H3. The normalized spacial score (nSPS) is 24.0. The molecule has 1 aliphatic rings. The summed E-state index contributed by atoms with van der Waals surface area (Å²) in [5.74, 6) is 0.284. The summed E-state index contributed by atoms with van der Waals surface area (Å²) >= 11 is 0. The monoisotopic (exact) mass is 232 g/mol. The highest BCUT2D eigenvalue weighted by atomic mass is 16.5.